The standard InChI is InChI=1S/C24H29N3O3/c1-4-27(21-8-6-5-7-18(21)2)16-15-25-23(28)13-14-24-26-17-22(30-24)19-9-11-20(29-3)12-10-19/h5-12,17H,4,13-16H2,1-3H3,(H,25,28). The summed E-state index contributed by atoms with van der Waals surface area (Å²) in [7, 11) is 1.63. The van der Waals surface area contributed by atoms with Gasteiger partial charge in [-0.2, -0.15) is 0 Å². The molecule has 6 heteroatoms. The van der Waals surface area contributed by atoms with E-state index in [0.717, 1.165) is 24.4 Å². The molecule has 158 valence electrons. The van der Waals surface area contributed by atoms with Gasteiger partial charge < -0.3 is 19.4 Å². The number of rotatable bonds is 10. The Kier molecular flexibility index (Phi) is 7.49. The number of para-hydroxylation sites is 1. The fraction of sp³-hybridized carbons (Fsp3) is 0.333. The molecule has 0 atom stereocenters. The number of hydrogen-bond donors (Lipinski definition) is 1. The summed E-state index contributed by atoms with van der Waals surface area (Å²) >= 11 is 0. The number of amides is 1. The minimum atomic E-state index is 0.0000316. The summed E-state index contributed by atoms with van der Waals surface area (Å²) in [6.07, 6.45) is 2.51. The number of likely N-dealkylation sites (N-methyl/N-ethyl adjacent to an activating group) is 1. The number of nitrogens with zero attached hydrogens (tertiary/aromatic N) is 2. The summed E-state index contributed by atoms with van der Waals surface area (Å²) in [5.74, 6) is 2.04. The second-order valence-corrected chi connectivity index (χ2v) is 7.06. The van der Waals surface area contributed by atoms with E-state index in [1.54, 1.807) is 13.3 Å². The van der Waals surface area contributed by atoms with Crippen molar-refractivity contribution < 1.29 is 13.9 Å². The Labute approximate surface area is 177 Å². The van der Waals surface area contributed by atoms with Gasteiger partial charge in [0.2, 0.25) is 5.91 Å². The average Bonchev–Trinajstić information content (AvgIpc) is 3.25. The number of ether oxygens (including phenoxy) is 1. The van der Waals surface area contributed by atoms with E-state index in [1.165, 1.54) is 11.3 Å². The maximum Gasteiger partial charge on any atom is 0.220 e. The third-order valence-corrected chi connectivity index (χ3v) is 5.04. The van der Waals surface area contributed by atoms with Crippen molar-refractivity contribution in [2.45, 2.75) is 26.7 Å². The van der Waals surface area contributed by atoms with Crippen LogP contribution in [0.4, 0.5) is 5.69 Å². The Bertz CT molecular complexity index is 950. The number of anilines is 1. The second kappa shape index (κ2) is 10.5. The molecule has 6 nitrogen and oxygen atoms in total. The number of benzene rings is 2. The molecule has 2 aromatic carbocycles. The zero-order valence-electron chi connectivity index (χ0n) is 17.9. The number of methoxy groups -OCH3 is 1. The molecule has 1 aromatic heterocycles. The lowest BCUT2D eigenvalue weighted by atomic mass is 10.2. The molecule has 30 heavy (non-hydrogen) atoms. The Morgan fingerprint density at radius 3 is 2.63 bits per heavy atom. The van der Waals surface area contributed by atoms with E-state index in [-0.39, 0.29) is 5.91 Å². The van der Waals surface area contributed by atoms with Crippen LogP contribution in [0.3, 0.4) is 0 Å². The Morgan fingerprint density at radius 2 is 1.93 bits per heavy atom. The molecule has 0 saturated carbocycles. The molecular weight excluding hydrogens is 378 g/mol. The van der Waals surface area contributed by atoms with E-state index in [0.29, 0.717) is 31.0 Å². The van der Waals surface area contributed by atoms with Gasteiger partial charge in [0.25, 0.3) is 0 Å². The maximum atomic E-state index is 12.2. The summed E-state index contributed by atoms with van der Waals surface area (Å²) in [6, 6.07) is 15.9. The summed E-state index contributed by atoms with van der Waals surface area (Å²) < 4.78 is 11.0. The highest BCUT2D eigenvalue weighted by Gasteiger charge is 2.11. The number of aromatic nitrogens is 1. The SMILES string of the molecule is CCN(CCNC(=O)CCc1ncc(-c2ccc(OC)cc2)o1)c1ccccc1C. The van der Waals surface area contributed by atoms with E-state index in [1.807, 2.05) is 36.4 Å². The van der Waals surface area contributed by atoms with Gasteiger partial charge in [-0.05, 0) is 49.7 Å². The van der Waals surface area contributed by atoms with Crippen molar-refractivity contribution in [2.24, 2.45) is 0 Å². The van der Waals surface area contributed by atoms with Crippen LogP contribution in [0.15, 0.2) is 59.1 Å². The van der Waals surface area contributed by atoms with Gasteiger partial charge in [0, 0.05) is 43.7 Å². The van der Waals surface area contributed by atoms with Crippen molar-refractivity contribution in [1.82, 2.24) is 10.3 Å². The van der Waals surface area contributed by atoms with Gasteiger partial charge >= 0.3 is 0 Å². The van der Waals surface area contributed by atoms with Crippen molar-refractivity contribution in [3.63, 3.8) is 0 Å². The third kappa shape index (κ3) is 5.63. The van der Waals surface area contributed by atoms with Gasteiger partial charge in [-0.3, -0.25) is 4.79 Å². The second-order valence-electron chi connectivity index (χ2n) is 7.06. The Balaban J connectivity index is 1.44. The number of oxazole rings is 1. The number of nitrogens with one attached hydrogen (secondary N) is 1. The molecule has 1 heterocycles. The van der Waals surface area contributed by atoms with Crippen LogP contribution in [0, 0.1) is 6.92 Å². The van der Waals surface area contributed by atoms with Crippen LogP contribution in [-0.2, 0) is 11.2 Å². The molecule has 0 aliphatic carbocycles. The first-order valence-electron chi connectivity index (χ1n) is 10.3. The van der Waals surface area contributed by atoms with Crippen LogP contribution < -0.4 is 15.0 Å². The van der Waals surface area contributed by atoms with Crippen LogP contribution >= 0.6 is 0 Å². The fourth-order valence-electron chi connectivity index (χ4n) is 3.32. The van der Waals surface area contributed by atoms with E-state index >= 15 is 0 Å². The van der Waals surface area contributed by atoms with Crippen molar-refractivity contribution in [1.29, 1.82) is 0 Å². The number of carbonyl (C=O) groups is 1. The highest BCUT2D eigenvalue weighted by Crippen LogP contribution is 2.23. The lowest BCUT2D eigenvalue weighted by Crippen LogP contribution is -2.35. The van der Waals surface area contributed by atoms with Gasteiger partial charge in [-0.25, -0.2) is 4.98 Å². The van der Waals surface area contributed by atoms with Crippen LogP contribution in [0.25, 0.3) is 11.3 Å². The van der Waals surface area contributed by atoms with E-state index in [9.17, 15) is 4.79 Å². The zero-order chi connectivity index (χ0) is 21.3. The zero-order valence-corrected chi connectivity index (χ0v) is 17.9. The summed E-state index contributed by atoms with van der Waals surface area (Å²) in [5, 5.41) is 2.99. The molecule has 0 spiro atoms. The van der Waals surface area contributed by atoms with Crippen LogP contribution in [0.1, 0.15) is 24.8 Å². The fourth-order valence-corrected chi connectivity index (χ4v) is 3.32. The van der Waals surface area contributed by atoms with Crippen LogP contribution in [0.2, 0.25) is 0 Å². The van der Waals surface area contributed by atoms with Crippen molar-refractivity contribution >= 4 is 11.6 Å². The van der Waals surface area contributed by atoms with Gasteiger partial charge in [0.05, 0.1) is 13.3 Å². The molecule has 0 bridgehead atoms. The predicted molar refractivity (Wildman–Crippen MR) is 119 cm³/mol. The lowest BCUT2D eigenvalue weighted by molar-refractivity contribution is -0.121. The monoisotopic (exact) mass is 407 g/mol. The topological polar surface area (TPSA) is 67.6 Å². The number of carbonyl (C=O) groups excluding carboxylic acids is 1. The number of aryl methyl sites for hydroxylation is 2. The molecular formula is C24H29N3O3. The molecule has 0 unspecified atom stereocenters. The molecule has 3 aromatic rings. The molecule has 0 aliphatic rings. The van der Waals surface area contributed by atoms with E-state index in [4.69, 9.17) is 9.15 Å². The number of hydrogen-bond acceptors (Lipinski definition) is 5. The quantitative estimate of drug-likeness (QED) is 0.545. The van der Waals surface area contributed by atoms with Crippen LogP contribution in [-0.4, -0.2) is 37.6 Å². The Morgan fingerprint density at radius 1 is 1.17 bits per heavy atom. The molecule has 0 radical (unpaired) electrons. The summed E-state index contributed by atoms with van der Waals surface area (Å²) in [4.78, 5) is 18.8. The minimum absolute atomic E-state index is 0.0000316. The largest absolute Gasteiger partial charge is 0.497 e. The summed E-state index contributed by atoms with van der Waals surface area (Å²) in [6.45, 7) is 6.49. The molecule has 1 amide bonds. The van der Waals surface area contributed by atoms with Gasteiger partial charge in [0.15, 0.2) is 11.7 Å². The normalized spacial score (nSPS) is 10.6. The van der Waals surface area contributed by atoms with E-state index in [2.05, 4.69) is 41.2 Å². The van der Waals surface area contributed by atoms with Gasteiger partial charge in [-0.15, -0.1) is 0 Å². The lowest BCUT2D eigenvalue weighted by Gasteiger charge is -2.25. The van der Waals surface area contributed by atoms with Crippen LogP contribution in [0.5, 0.6) is 5.75 Å². The predicted octanol–water partition coefficient (Wildman–Crippen LogP) is 4.23. The smallest absolute Gasteiger partial charge is 0.220 e. The van der Waals surface area contributed by atoms with Gasteiger partial charge in [0.1, 0.15) is 5.75 Å². The molecule has 1 N–H and O–H groups in total. The molecule has 0 fully saturated rings. The first-order chi connectivity index (χ1) is 14.6. The first kappa shape index (κ1) is 21.4. The van der Waals surface area contributed by atoms with Gasteiger partial charge in [-0.1, -0.05) is 18.2 Å². The van der Waals surface area contributed by atoms with Crippen molar-refractivity contribution in [3.05, 3.63) is 66.2 Å². The van der Waals surface area contributed by atoms with Crippen molar-refractivity contribution in [2.75, 3.05) is 31.6 Å². The first-order valence-corrected chi connectivity index (χ1v) is 10.3. The Hall–Kier alpha value is -3.28. The average molecular weight is 408 g/mol. The van der Waals surface area contributed by atoms with Crippen molar-refractivity contribution in [3.8, 4) is 17.1 Å². The highest BCUT2D eigenvalue weighted by atomic mass is 16.5. The highest BCUT2D eigenvalue weighted by molar-refractivity contribution is 5.76. The summed E-state index contributed by atoms with van der Waals surface area (Å²) in [5.41, 5.74) is 3.37. The maximum absolute atomic E-state index is 12.2. The third-order valence-electron chi connectivity index (χ3n) is 5.04. The molecule has 0 saturated heterocycles. The molecule has 3 rings (SSSR count). The molecule has 0 aliphatic heterocycles. The minimum Gasteiger partial charge on any atom is -0.497 e. The van der Waals surface area contributed by atoms with E-state index < -0.39 is 0 Å².